The van der Waals surface area contributed by atoms with Crippen molar-refractivity contribution in [2.24, 2.45) is 0 Å². The molecule has 7 nitrogen and oxygen atoms in total. The molecule has 3 heterocycles. The fourth-order valence-electron chi connectivity index (χ4n) is 3.76. The molecule has 0 unspecified atom stereocenters. The summed E-state index contributed by atoms with van der Waals surface area (Å²) in [5.74, 6) is 0. The van der Waals surface area contributed by atoms with Gasteiger partial charge in [0, 0.05) is 6.20 Å². The molecule has 1 aromatic heterocycles. The van der Waals surface area contributed by atoms with Gasteiger partial charge in [0.2, 0.25) is 0 Å². The van der Waals surface area contributed by atoms with Crippen LogP contribution in [0, 0.1) is 0 Å². The van der Waals surface area contributed by atoms with Crippen LogP contribution in [-0.4, -0.2) is 51.1 Å². The van der Waals surface area contributed by atoms with Gasteiger partial charge >= 0.3 is 6.01 Å². The second-order valence-electron chi connectivity index (χ2n) is 9.76. The number of ether oxygens (including phenoxy) is 2. The summed E-state index contributed by atoms with van der Waals surface area (Å²) >= 11 is 0. The smallest absolute Gasteiger partial charge is 0.302 e. The van der Waals surface area contributed by atoms with Crippen molar-refractivity contribution in [3.63, 3.8) is 0 Å². The Labute approximate surface area is 179 Å². The zero-order valence-corrected chi connectivity index (χ0v) is 20.4. The zero-order chi connectivity index (χ0) is 21.7. The molecule has 4 rings (SSSR count). The van der Waals surface area contributed by atoms with Gasteiger partial charge in [-0.15, -0.1) is 0 Å². The third kappa shape index (κ3) is 4.31. The Morgan fingerprint density at radius 1 is 1.07 bits per heavy atom. The summed E-state index contributed by atoms with van der Waals surface area (Å²) in [6, 6.07) is 9.80. The first-order valence-corrected chi connectivity index (χ1v) is 17.2. The highest BCUT2D eigenvalue weighted by atomic mass is 28.4. The van der Waals surface area contributed by atoms with Crippen molar-refractivity contribution in [2.75, 3.05) is 6.61 Å². The molecule has 162 valence electrons. The minimum atomic E-state index is -1.89. The predicted octanol–water partition coefficient (Wildman–Crippen LogP) is 3.64. The van der Waals surface area contributed by atoms with E-state index in [1.165, 1.54) is 4.57 Å². The van der Waals surface area contributed by atoms with Crippen molar-refractivity contribution in [3.05, 3.63) is 46.9 Å². The summed E-state index contributed by atoms with van der Waals surface area (Å²) in [6.07, 6.45) is -0.0124. The molecule has 2 aliphatic heterocycles. The maximum absolute atomic E-state index is 13.3. The van der Waals surface area contributed by atoms with Crippen LogP contribution in [0.2, 0.25) is 39.3 Å². The SMILES string of the molecule is C[Si](C)(C)OC[C@H]1O[C@@H]2[C@@H](Oc3ncc(-c4ccccc4)c(=O)n32)[C@@H]1O[Si](C)(C)C. The number of benzene rings is 1. The van der Waals surface area contributed by atoms with Gasteiger partial charge in [0.1, 0.15) is 12.2 Å². The maximum atomic E-state index is 13.3. The molecule has 0 N–H and O–H groups in total. The lowest BCUT2D eigenvalue weighted by Gasteiger charge is -2.30. The van der Waals surface area contributed by atoms with Gasteiger partial charge in [-0.05, 0) is 44.8 Å². The van der Waals surface area contributed by atoms with E-state index in [4.69, 9.17) is 18.3 Å². The van der Waals surface area contributed by atoms with Crippen LogP contribution in [-0.2, 0) is 13.6 Å². The summed E-state index contributed by atoms with van der Waals surface area (Å²) in [6.45, 7) is 13.3. The molecule has 2 aromatic rings. The van der Waals surface area contributed by atoms with E-state index in [0.29, 0.717) is 12.2 Å². The standard InChI is InChI=1S/C21H30N2O5Si2/c1-29(2,3)25-13-16-17(28-30(4,5)6)18-20(26-16)23-19(24)15(12-22-21(23)27-18)14-10-8-7-9-11-14/h7-12,16-18,20H,13H2,1-6H3/t16-,17-,18+,20-/m1/s1. The molecule has 0 bridgehead atoms. The first-order chi connectivity index (χ1) is 14.0. The van der Waals surface area contributed by atoms with Gasteiger partial charge in [0.05, 0.1) is 12.2 Å². The quantitative estimate of drug-likeness (QED) is 0.631. The summed E-state index contributed by atoms with van der Waals surface area (Å²) in [4.78, 5) is 17.7. The molecular formula is C21H30N2O5Si2. The van der Waals surface area contributed by atoms with E-state index in [-0.39, 0.29) is 23.8 Å². The van der Waals surface area contributed by atoms with E-state index in [0.717, 1.165) is 5.56 Å². The van der Waals surface area contributed by atoms with Gasteiger partial charge in [0.25, 0.3) is 5.56 Å². The van der Waals surface area contributed by atoms with E-state index in [9.17, 15) is 4.79 Å². The van der Waals surface area contributed by atoms with E-state index in [1.54, 1.807) is 6.20 Å². The molecule has 0 amide bonds. The van der Waals surface area contributed by atoms with Crippen molar-refractivity contribution in [1.29, 1.82) is 0 Å². The van der Waals surface area contributed by atoms with Crippen LogP contribution in [0.25, 0.3) is 11.1 Å². The Balaban J connectivity index is 1.68. The molecule has 1 aromatic carbocycles. The van der Waals surface area contributed by atoms with Crippen molar-refractivity contribution in [3.8, 4) is 17.1 Å². The lowest BCUT2D eigenvalue weighted by atomic mass is 10.1. The number of fused-ring (bicyclic) bond motifs is 3. The molecule has 1 saturated heterocycles. The first kappa shape index (κ1) is 21.4. The Morgan fingerprint density at radius 2 is 1.77 bits per heavy atom. The summed E-state index contributed by atoms with van der Waals surface area (Å²) in [5.41, 5.74) is 1.18. The molecule has 9 heteroatoms. The lowest BCUT2D eigenvalue weighted by Crippen LogP contribution is -2.46. The molecule has 0 radical (unpaired) electrons. The van der Waals surface area contributed by atoms with E-state index >= 15 is 0 Å². The Hall–Kier alpha value is -1.79. The molecular weight excluding hydrogens is 416 g/mol. The topological polar surface area (TPSA) is 71.8 Å². The van der Waals surface area contributed by atoms with E-state index in [1.807, 2.05) is 30.3 Å². The Morgan fingerprint density at radius 3 is 2.40 bits per heavy atom. The second kappa shape index (κ2) is 7.72. The highest BCUT2D eigenvalue weighted by molar-refractivity contribution is 6.70. The second-order valence-corrected chi connectivity index (χ2v) is 18.7. The van der Waals surface area contributed by atoms with Gasteiger partial charge in [-0.1, -0.05) is 30.3 Å². The zero-order valence-electron chi connectivity index (χ0n) is 18.4. The molecule has 1 fully saturated rings. The number of hydrogen-bond acceptors (Lipinski definition) is 6. The number of nitrogens with zero attached hydrogens (tertiary/aromatic N) is 2. The minimum absolute atomic E-state index is 0.169. The number of hydrogen-bond donors (Lipinski definition) is 0. The summed E-state index contributed by atoms with van der Waals surface area (Å²) < 4.78 is 26.5. The third-order valence-electron chi connectivity index (χ3n) is 5.00. The first-order valence-electron chi connectivity index (χ1n) is 10.3. The molecule has 2 aliphatic rings. The highest BCUT2D eigenvalue weighted by Gasteiger charge is 2.54. The predicted molar refractivity (Wildman–Crippen MR) is 120 cm³/mol. The maximum Gasteiger partial charge on any atom is 0.302 e. The number of aromatic nitrogens is 2. The Bertz CT molecular complexity index is 968. The van der Waals surface area contributed by atoms with Crippen LogP contribution < -0.4 is 10.3 Å². The van der Waals surface area contributed by atoms with Gasteiger partial charge in [-0.25, -0.2) is 9.55 Å². The summed E-state index contributed by atoms with van der Waals surface area (Å²) in [5, 5.41) is 0. The average molecular weight is 447 g/mol. The van der Waals surface area contributed by atoms with Crippen molar-refractivity contribution in [2.45, 2.75) is 63.8 Å². The average Bonchev–Trinajstić information content (AvgIpc) is 3.16. The van der Waals surface area contributed by atoms with Crippen molar-refractivity contribution in [1.82, 2.24) is 9.55 Å². The van der Waals surface area contributed by atoms with Crippen LogP contribution in [0.1, 0.15) is 6.23 Å². The normalized spacial score (nSPS) is 25.7. The molecule has 4 atom stereocenters. The molecule has 0 aliphatic carbocycles. The van der Waals surface area contributed by atoms with Crippen molar-refractivity contribution >= 4 is 16.6 Å². The largest absolute Gasteiger partial charge is 0.454 e. The number of rotatable bonds is 6. The molecule has 30 heavy (non-hydrogen) atoms. The van der Waals surface area contributed by atoms with E-state index in [2.05, 4.69) is 44.3 Å². The van der Waals surface area contributed by atoms with Crippen LogP contribution in [0.3, 0.4) is 0 Å². The van der Waals surface area contributed by atoms with Gasteiger partial charge < -0.3 is 18.3 Å². The van der Waals surface area contributed by atoms with Crippen LogP contribution in [0.4, 0.5) is 0 Å². The Kier molecular flexibility index (Phi) is 5.52. The van der Waals surface area contributed by atoms with Gasteiger partial charge in [0.15, 0.2) is 29.0 Å². The highest BCUT2D eigenvalue weighted by Crippen LogP contribution is 2.41. The van der Waals surface area contributed by atoms with Crippen LogP contribution >= 0.6 is 0 Å². The van der Waals surface area contributed by atoms with Gasteiger partial charge in [-0.3, -0.25) is 4.79 Å². The monoisotopic (exact) mass is 446 g/mol. The molecule has 0 spiro atoms. The minimum Gasteiger partial charge on any atom is -0.454 e. The third-order valence-corrected chi connectivity index (χ3v) is 7.01. The van der Waals surface area contributed by atoms with E-state index < -0.39 is 29.0 Å². The van der Waals surface area contributed by atoms with Gasteiger partial charge in [-0.2, -0.15) is 0 Å². The van der Waals surface area contributed by atoms with Crippen LogP contribution in [0.5, 0.6) is 6.01 Å². The van der Waals surface area contributed by atoms with Crippen LogP contribution in [0.15, 0.2) is 41.3 Å². The summed E-state index contributed by atoms with van der Waals surface area (Å²) in [7, 11) is -3.62. The van der Waals surface area contributed by atoms with Crippen molar-refractivity contribution < 1.29 is 18.3 Å². The fraction of sp³-hybridized carbons (Fsp3) is 0.524. The lowest BCUT2D eigenvalue weighted by molar-refractivity contribution is -0.0377. The fourth-order valence-corrected chi connectivity index (χ4v) is 5.53. The molecule has 0 saturated carbocycles.